The van der Waals surface area contributed by atoms with Gasteiger partial charge in [0.2, 0.25) is 0 Å². The minimum atomic E-state index is -0.461. The Morgan fingerprint density at radius 1 is 1.32 bits per heavy atom. The SMILES string of the molecule is C=CCNC(=O)c1cc2c(=O)n3ccccc3nc2n(Cc2ccco2)c1=N. The number of amides is 1. The van der Waals surface area contributed by atoms with Gasteiger partial charge in [0.15, 0.2) is 0 Å². The van der Waals surface area contributed by atoms with Crippen molar-refractivity contribution in [1.82, 2.24) is 19.3 Å². The normalized spacial score (nSPS) is 11.0. The summed E-state index contributed by atoms with van der Waals surface area (Å²) in [5, 5.41) is 11.5. The molecule has 0 unspecified atom stereocenters. The maximum atomic E-state index is 13.0. The first-order valence-electron chi connectivity index (χ1n) is 8.61. The Hall–Kier alpha value is -3.94. The molecule has 8 heteroatoms. The summed E-state index contributed by atoms with van der Waals surface area (Å²) in [7, 11) is 0. The summed E-state index contributed by atoms with van der Waals surface area (Å²) in [5.41, 5.74) is 0.481. The second kappa shape index (κ2) is 6.99. The third kappa shape index (κ3) is 2.90. The van der Waals surface area contributed by atoms with Gasteiger partial charge in [-0.3, -0.25) is 19.4 Å². The van der Waals surface area contributed by atoms with Crippen LogP contribution in [0.15, 0.2) is 70.7 Å². The zero-order valence-electron chi connectivity index (χ0n) is 14.9. The highest BCUT2D eigenvalue weighted by molar-refractivity contribution is 5.96. The first-order valence-corrected chi connectivity index (χ1v) is 8.61. The molecule has 0 saturated heterocycles. The molecule has 140 valence electrons. The molecule has 0 fully saturated rings. The van der Waals surface area contributed by atoms with Crippen molar-refractivity contribution in [3.63, 3.8) is 0 Å². The standard InChI is InChI=1S/C20H17N5O3/c1-2-8-22-19(26)14-11-15-18(23-16-7-3-4-9-24(16)20(15)27)25(17(14)21)12-13-6-5-10-28-13/h2-7,9-11,21H,1,8,12H2,(H,22,26). The zero-order valence-corrected chi connectivity index (χ0v) is 14.9. The average molecular weight is 375 g/mol. The van der Waals surface area contributed by atoms with E-state index in [9.17, 15) is 9.59 Å². The van der Waals surface area contributed by atoms with Crippen LogP contribution in [-0.4, -0.2) is 26.4 Å². The maximum absolute atomic E-state index is 13.0. The molecule has 0 aromatic carbocycles. The van der Waals surface area contributed by atoms with E-state index in [1.165, 1.54) is 21.3 Å². The summed E-state index contributed by atoms with van der Waals surface area (Å²) in [6.45, 7) is 3.99. The molecular formula is C20H17N5O3. The van der Waals surface area contributed by atoms with Crippen molar-refractivity contribution in [3.8, 4) is 0 Å². The fourth-order valence-corrected chi connectivity index (χ4v) is 3.03. The number of nitrogens with one attached hydrogen (secondary N) is 2. The monoisotopic (exact) mass is 375 g/mol. The molecule has 4 heterocycles. The molecule has 0 aliphatic rings. The quantitative estimate of drug-likeness (QED) is 0.409. The van der Waals surface area contributed by atoms with Crippen LogP contribution in [0.25, 0.3) is 16.7 Å². The number of hydrogen-bond acceptors (Lipinski definition) is 5. The Morgan fingerprint density at radius 2 is 2.18 bits per heavy atom. The highest BCUT2D eigenvalue weighted by Gasteiger charge is 2.17. The van der Waals surface area contributed by atoms with Crippen LogP contribution in [0, 0.1) is 5.41 Å². The van der Waals surface area contributed by atoms with Gasteiger partial charge in [0.05, 0.1) is 23.8 Å². The second-order valence-electron chi connectivity index (χ2n) is 6.15. The second-order valence-corrected chi connectivity index (χ2v) is 6.15. The van der Waals surface area contributed by atoms with Crippen LogP contribution in [-0.2, 0) is 6.54 Å². The van der Waals surface area contributed by atoms with Gasteiger partial charge in [-0.1, -0.05) is 12.1 Å². The van der Waals surface area contributed by atoms with Gasteiger partial charge in [-0.2, -0.15) is 0 Å². The molecule has 0 radical (unpaired) electrons. The number of pyridine rings is 2. The molecule has 0 saturated carbocycles. The number of carbonyl (C=O) groups is 1. The molecule has 1 amide bonds. The molecular weight excluding hydrogens is 358 g/mol. The van der Waals surface area contributed by atoms with Crippen molar-refractivity contribution < 1.29 is 9.21 Å². The molecule has 8 nitrogen and oxygen atoms in total. The van der Waals surface area contributed by atoms with Crippen LogP contribution in [0.3, 0.4) is 0 Å². The first-order chi connectivity index (χ1) is 13.6. The van der Waals surface area contributed by atoms with Gasteiger partial charge >= 0.3 is 0 Å². The molecule has 4 aromatic rings. The van der Waals surface area contributed by atoms with Gasteiger partial charge in [0.25, 0.3) is 11.5 Å². The molecule has 2 N–H and O–H groups in total. The van der Waals surface area contributed by atoms with E-state index in [1.807, 2.05) is 0 Å². The topological polar surface area (TPSA) is 105 Å². The third-order valence-electron chi connectivity index (χ3n) is 4.36. The van der Waals surface area contributed by atoms with Gasteiger partial charge < -0.3 is 14.3 Å². The summed E-state index contributed by atoms with van der Waals surface area (Å²) in [6, 6.07) is 10.1. The summed E-state index contributed by atoms with van der Waals surface area (Å²) in [5.74, 6) is 0.121. The van der Waals surface area contributed by atoms with E-state index >= 15 is 0 Å². The first kappa shape index (κ1) is 17.5. The average Bonchev–Trinajstić information content (AvgIpc) is 3.22. The van der Waals surface area contributed by atoms with Gasteiger partial charge in [-0.15, -0.1) is 6.58 Å². The van der Waals surface area contributed by atoms with Gasteiger partial charge in [-0.25, -0.2) is 4.98 Å². The molecule has 0 aliphatic heterocycles. The van der Waals surface area contributed by atoms with Crippen LogP contribution in [0.2, 0.25) is 0 Å². The largest absolute Gasteiger partial charge is 0.467 e. The maximum Gasteiger partial charge on any atom is 0.267 e. The molecule has 0 bridgehead atoms. The lowest BCUT2D eigenvalue weighted by Gasteiger charge is -2.13. The Balaban J connectivity index is 2.05. The van der Waals surface area contributed by atoms with Crippen molar-refractivity contribution in [1.29, 1.82) is 5.41 Å². The van der Waals surface area contributed by atoms with E-state index in [0.29, 0.717) is 17.1 Å². The molecule has 28 heavy (non-hydrogen) atoms. The van der Waals surface area contributed by atoms with Gasteiger partial charge in [0, 0.05) is 12.7 Å². The van der Waals surface area contributed by atoms with Gasteiger partial charge in [0.1, 0.15) is 22.5 Å². The summed E-state index contributed by atoms with van der Waals surface area (Å²) < 4.78 is 8.31. The number of carbonyl (C=O) groups excluding carboxylic acids is 1. The van der Waals surface area contributed by atoms with Crippen molar-refractivity contribution in [2.75, 3.05) is 6.54 Å². The van der Waals surface area contributed by atoms with Crippen LogP contribution >= 0.6 is 0 Å². The lowest BCUT2D eigenvalue weighted by molar-refractivity contribution is 0.0955. The number of aromatic nitrogens is 3. The van der Waals surface area contributed by atoms with Crippen molar-refractivity contribution in [2.45, 2.75) is 6.54 Å². The lowest BCUT2D eigenvalue weighted by Crippen LogP contribution is -2.35. The fourth-order valence-electron chi connectivity index (χ4n) is 3.03. The third-order valence-corrected chi connectivity index (χ3v) is 4.36. The van der Waals surface area contributed by atoms with Crippen molar-refractivity contribution >= 4 is 22.6 Å². The predicted molar refractivity (Wildman–Crippen MR) is 103 cm³/mol. The fraction of sp³-hybridized carbons (Fsp3) is 0.100. The summed E-state index contributed by atoms with van der Waals surface area (Å²) in [4.78, 5) is 30.1. The number of nitrogens with zero attached hydrogens (tertiary/aromatic N) is 3. The number of hydrogen-bond donors (Lipinski definition) is 2. The molecule has 4 aromatic heterocycles. The number of fused-ring (bicyclic) bond motifs is 2. The Labute approximate surface area is 158 Å². The van der Waals surface area contributed by atoms with E-state index in [4.69, 9.17) is 9.83 Å². The van der Waals surface area contributed by atoms with Gasteiger partial charge in [-0.05, 0) is 30.3 Å². The highest BCUT2D eigenvalue weighted by atomic mass is 16.3. The minimum absolute atomic E-state index is 0.0577. The number of furan rings is 1. The minimum Gasteiger partial charge on any atom is -0.467 e. The summed E-state index contributed by atoms with van der Waals surface area (Å²) >= 11 is 0. The Bertz CT molecular complexity index is 1320. The summed E-state index contributed by atoms with van der Waals surface area (Å²) in [6.07, 6.45) is 4.69. The van der Waals surface area contributed by atoms with Crippen LogP contribution in [0.1, 0.15) is 16.1 Å². The Kier molecular flexibility index (Phi) is 4.36. The van der Waals surface area contributed by atoms with Crippen molar-refractivity contribution in [3.05, 3.63) is 88.7 Å². The predicted octanol–water partition coefficient (Wildman–Crippen LogP) is 1.69. The molecule has 4 rings (SSSR count). The lowest BCUT2D eigenvalue weighted by atomic mass is 10.2. The van der Waals surface area contributed by atoms with E-state index in [-0.39, 0.29) is 35.1 Å². The molecule has 0 aliphatic carbocycles. The van der Waals surface area contributed by atoms with E-state index in [0.717, 1.165) is 0 Å². The molecule has 0 spiro atoms. The number of rotatable bonds is 5. The Morgan fingerprint density at radius 3 is 2.93 bits per heavy atom. The van der Waals surface area contributed by atoms with E-state index in [2.05, 4.69) is 16.9 Å². The zero-order chi connectivity index (χ0) is 19.7. The highest BCUT2D eigenvalue weighted by Crippen LogP contribution is 2.12. The van der Waals surface area contributed by atoms with E-state index in [1.54, 1.807) is 42.6 Å². The molecule has 0 atom stereocenters. The van der Waals surface area contributed by atoms with Crippen LogP contribution in [0.5, 0.6) is 0 Å². The van der Waals surface area contributed by atoms with Crippen LogP contribution < -0.4 is 16.4 Å². The van der Waals surface area contributed by atoms with E-state index < -0.39 is 5.91 Å². The smallest absolute Gasteiger partial charge is 0.267 e. The van der Waals surface area contributed by atoms with Crippen LogP contribution in [0.4, 0.5) is 0 Å². The van der Waals surface area contributed by atoms with Crippen molar-refractivity contribution in [2.24, 2.45) is 0 Å².